The molecule has 3 aromatic rings. The fourth-order valence-corrected chi connectivity index (χ4v) is 3.60. The smallest absolute Gasteiger partial charge is 0.249 e. The van der Waals surface area contributed by atoms with Crippen molar-refractivity contribution in [3.63, 3.8) is 0 Å². The minimum Gasteiger partial charge on any atom is -0.494 e. The number of hydrazone groups is 1. The van der Waals surface area contributed by atoms with Crippen LogP contribution in [0.2, 0.25) is 0 Å². The molecule has 0 atom stereocenters. The van der Waals surface area contributed by atoms with Gasteiger partial charge in [-0.1, -0.05) is 28.1 Å². The van der Waals surface area contributed by atoms with Crippen LogP contribution < -0.4 is 20.2 Å². The molecular formula is C25H23Br2N3O4. The van der Waals surface area contributed by atoms with Gasteiger partial charge in [-0.3, -0.25) is 9.59 Å². The molecule has 0 aliphatic rings. The molecule has 0 aliphatic heterocycles. The van der Waals surface area contributed by atoms with Crippen LogP contribution in [0.25, 0.3) is 0 Å². The first kappa shape index (κ1) is 25.5. The predicted molar refractivity (Wildman–Crippen MR) is 139 cm³/mol. The average molecular weight is 589 g/mol. The molecule has 0 saturated carbocycles. The number of nitrogens with zero attached hydrogens (tertiary/aromatic N) is 1. The zero-order chi connectivity index (χ0) is 24.3. The van der Waals surface area contributed by atoms with Crippen molar-refractivity contribution >= 4 is 55.6 Å². The van der Waals surface area contributed by atoms with Gasteiger partial charge in [0.05, 0.1) is 17.3 Å². The fourth-order valence-electron chi connectivity index (χ4n) is 2.83. The maximum absolute atomic E-state index is 12.1. The third-order valence-corrected chi connectivity index (χ3v) is 5.58. The van der Waals surface area contributed by atoms with Crippen molar-refractivity contribution in [2.75, 3.05) is 11.9 Å². The van der Waals surface area contributed by atoms with Gasteiger partial charge in [-0.05, 0) is 88.6 Å². The number of rotatable bonds is 10. The van der Waals surface area contributed by atoms with Gasteiger partial charge >= 0.3 is 0 Å². The van der Waals surface area contributed by atoms with Crippen molar-refractivity contribution in [2.45, 2.75) is 20.0 Å². The number of ether oxygens (including phenoxy) is 2. The number of anilines is 1. The van der Waals surface area contributed by atoms with Gasteiger partial charge in [-0.2, -0.15) is 5.10 Å². The Hall–Kier alpha value is -3.17. The van der Waals surface area contributed by atoms with Crippen LogP contribution in [0.3, 0.4) is 0 Å². The van der Waals surface area contributed by atoms with Gasteiger partial charge in [0.15, 0.2) is 0 Å². The molecule has 0 heterocycles. The van der Waals surface area contributed by atoms with Crippen molar-refractivity contribution in [1.29, 1.82) is 0 Å². The van der Waals surface area contributed by atoms with E-state index in [1.54, 1.807) is 24.3 Å². The lowest BCUT2D eigenvalue weighted by molar-refractivity contribution is -0.126. The molecular weight excluding hydrogens is 566 g/mol. The Morgan fingerprint density at radius 1 is 0.941 bits per heavy atom. The van der Waals surface area contributed by atoms with Gasteiger partial charge in [0, 0.05) is 10.2 Å². The lowest BCUT2D eigenvalue weighted by Crippen LogP contribution is -2.24. The van der Waals surface area contributed by atoms with E-state index in [0.29, 0.717) is 30.4 Å². The molecule has 176 valence electrons. The molecule has 0 aliphatic carbocycles. The molecule has 9 heteroatoms. The summed E-state index contributed by atoms with van der Waals surface area (Å²) in [7, 11) is 0. The summed E-state index contributed by atoms with van der Waals surface area (Å²) in [4.78, 5) is 24.0. The highest BCUT2D eigenvalue weighted by molar-refractivity contribution is 9.10. The molecule has 0 spiro atoms. The van der Waals surface area contributed by atoms with Crippen LogP contribution in [-0.4, -0.2) is 24.6 Å². The molecule has 0 bridgehead atoms. The maximum Gasteiger partial charge on any atom is 0.249 e. The first-order valence-electron chi connectivity index (χ1n) is 10.4. The summed E-state index contributed by atoms with van der Waals surface area (Å²) in [5, 5.41) is 6.58. The quantitative estimate of drug-likeness (QED) is 0.181. The summed E-state index contributed by atoms with van der Waals surface area (Å²) in [5.41, 5.74) is 4.74. The second-order valence-electron chi connectivity index (χ2n) is 7.08. The van der Waals surface area contributed by atoms with Gasteiger partial charge in [-0.25, -0.2) is 5.43 Å². The fraction of sp³-hybridized carbons (Fsp3) is 0.160. The van der Waals surface area contributed by atoms with Crippen LogP contribution in [0.4, 0.5) is 5.69 Å². The van der Waals surface area contributed by atoms with Crippen LogP contribution in [0.1, 0.15) is 24.5 Å². The summed E-state index contributed by atoms with van der Waals surface area (Å²) in [5.74, 6) is 0.443. The molecule has 0 unspecified atom stereocenters. The maximum atomic E-state index is 12.1. The number of hydrogen-bond acceptors (Lipinski definition) is 5. The van der Waals surface area contributed by atoms with E-state index in [0.717, 1.165) is 20.1 Å². The third kappa shape index (κ3) is 8.31. The molecule has 2 N–H and O–H groups in total. The SMILES string of the molecule is CCOc1ccc(NC(=O)CC(=O)NN=Cc2ccc(OCc3ccc(Br)cc3)c(Br)c2)cc1. The normalized spacial score (nSPS) is 10.7. The predicted octanol–water partition coefficient (Wildman–Crippen LogP) is 5.67. The highest BCUT2D eigenvalue weighted by Crippen LogP contribution is 2.26. The Morgan fingerprint density at radius 2 is 1.68 bits per heavy atom. The Morgan fingerprint density at radius 3 is 2.35 bits per heavy atom. The first-order chi connectivity index (χ1) is 16.4. The molecule has 2 amide bonds. The van der Waals surface area contributed by atoms with Crippen molar-refractivity contribution < 1.29 is 19.1 Å². The van der Waals surface area contributed by atoms with E-state index in [1.807, 2.05) is 49.4 Å². The van der Waals surface area contributed by atoms with Gasteiger partial charge < -0.3 is 14.8 Å². The topological polar surface area (TPSA) is 89.0 Å². The van der Waals surface area contributed by atoms with Crippen molar-refractivity contribution in [1.82, 2.24) is 5.43 Å². The van der Waals surface area contributed by atoms with Gasteiger partial charge in [0.1, 0.15) is 24.5 Å². The number of amides is 2. The standard InChI is InChI=1S/C25H23Br2N3O4/c1-2-33-21-10-8-20(9-11-21)29-24(31)14-25(32)30-28-15-18-5-12-23(22(27)13-18)34-16-17-3-6-19(26)7-4-17/h3-13,15H,2,14,16H2,1H3,(H,29,31)(H,30,32). The largest absolute Gasteiger partial charge is 0.494 e. The number of carbonyl (C=O) groups excluding carboxylic acids is 2. The van der Waals surface area contributed by atoms with E-state index < -0.39 is 11.8 Å². The van der Waals surface area contributed by atoms with Crippen LogP contribution >= 0.6 is 31.9 Å². The van der Waals surface area contributed by atoms with Crippen molar-refractivity contribution in [3.05, 3.63) is 86.8 Å². The summed E-state index contributed by atoms with van der Waals surface area (Å²) in [6.45, 7) is 2.90. The van der Waals surface area contributed by atoms with E-state index >= 15 is 0 Å². The highest BCUT2D eigenvalue weighted by Gasteiger charge is 2.09. The van der Waals surface area contributed by atoms with Gasteiger partial charge in [0.25, 0.3) is 0 Å². The monoisotopic (exact) mass is 587 g/mol. The van der Waals surface area contributed by atoms with Gasteiger partial charge in [0.2, 0.25) is 11.8 Å². The molecule has 3 aromatic carbocycles. The molecule has 0 aromatic heterocycles. The van der Waals surface area contributed by atoms with E-state index in [4.69, 9.17) is 9.47 Å². The lowest BCUT2D eigenvalue weighted by atomic mass is 10.2. The first-order valence-corrected chi connectivity index (χ1v) is 12.0. The zero-order valence-corrected chi connectivity index (χ0v) is 21.6. The molecule has 0 saturated heterocycles. The highest BCUT2D eigenvalue weighted by atomic mass is 79.9. The van der Waals surface area contributed by atoms with Crippen LogP contribution in [0.5, 0.6) is 11.5 Å². The van der Waals surface area contributed by atoms with Crippen molar-refractivity contribution in [3.8, 4) is 11.5 Å². The number of carbonyl (C=O) groups is 2. The van der Waals surface area contributed by atoms with E-state index in [2.05, 4.69) is 47.7 Å². The number of halogens is 2. The van der Waals surface area contributed by atoms with Crippen LogP contribution in [-0.2, 0) is 16.2 Å². The lowest BCUT2D eigenvalue weighted by Gasteiger charge is -2.09. The second kappa shape index (κ2) is 12.9. The zero-order valence-electron chi connectivity index (χ0n) is 18.4. The number of nitrogens with one attached hydrogen (secondary N) is 2. The van der Waals surface area contributed by atoms with Gasteiger partial charge in [-0.15, -0.1) is 0 Å². The van der Waals surface area contributed by atoms with E-state index in [1.165, 1.54) is 6.21 Å². The minimum atomic E-state index is -0.520. The number of hydrogen-bond donors (Lipinski definition) is 2. The van der Waals surface area contributed by atoms with E-state index in [-0.39, 0.29) is 6.42 Å². The van der Waals surface area contributed by atoms with Crippen molar-refractivity contribution in [2.24, 2.45) is 5.10 Å². The summed E-state index contributed by atoms with van der Waals surface area (Å²) in [6.07, 6.45) is 1.14. The van der Waals surface area contributed by atoms with E-state index in [9.17, 15) is 9.59 Å². The Labute approximate surface area is 214 Å². The molecule has 0 fully saturated rings. The molecule has 34 heavy (non-hydrogen) atoms. The summed E-state index contributed by atoms with van der Waals surface area (Å²) < 4.78 is 13.0. The second-order valence-corrected chi connectivity index (χ2v) is 8.85. The number of benzene rings is 3. The molecule has 3 rings (SSSR count). The summed E-state index contributed by atoms with van der Waals surface area (Å²) in [6, 6.07) is 20.3. The minimum absolute atomic E-state index is 0.350. The average Bonchev–Trinajstić information content (AvgIpc) is 2.81. The Kier molecular flexibility index (Phi) is 9.66. The Bertz CT molecular complexity index is 1150. The molecule has 7 nitrogen and oxygen atoms in total. The van der Waals surface area contributed by atoms with Crippen LogP contribution in [0, 0.1) is 0 Å². The van der Waals surface area contributed by atoms with Crippen LogP contribution in [0.15, 0.2) is 80.8 Å². The Balaban J connectivity index is 1.44. The summed E-state index contributed by atoms with van der Waals surface area (Å²) >= 11 is 6.90. The third-order valence-electron chi connectivity index (χ3n) is 4.44. The molecule has 0 radical (unpaired) electrons.